The molecule has 2 nitrogen and oxygen atoms in total. The van der Waals surface area contributed by atoms with Gasteiger partial charge in [-0.2, -0.15) is 8.78 Å². The summed E-state index contributed by atoms with van der Waals surface area (Å²) in [5, 5.41) is 2.28. The first-order valence-corrected chi connectivity index (χ1v) is 4.50. The van der Waals surface area contributed by atoms with Crippen molar-refractivity contribution in [2.75, 3.05) is 6.54 Å². The first kappa shape index (κ1) is 10.4. The lowest BCUT2D eigenvalue weighted by atomic mass is 9.70. The number of hydrogen-bond acceptors (Lipinski definition) is 1. The Morgan fingerprint density at radius 3 is 2.38 bits per heavy atom. The average molecular weight is 191 g/mol. The lowest BCUT2D eigenvalue weighted by Gasteiger charge is -2.38. The van der Waals surface area contributed by atoms with Crippen LogP contribution < -0.4 is 5.32 Å². The number of hydrogen-bond donors (Lipinski definition) is 1. The van der Waals surface area contributed by atoms with E-state index in [4.69, 9.17) is 0 Å². The second-order valence-electron chi connectivity index (χ2n) is 4.24. The fourth-order valence-electron chi connectivity index (χ4n) is 1.41. The minimum Gasteiger partial charge on any atom is -0.350 e. The molecule has 0 heterocycles. The van der Waals surface area contributed by atoms with Crippen LogP contribution in [-0.2, 0) is 4.79 Å². The topological polar surface area (TPSA) is 29.1 Å². The Morgan fingerprint density at radius 2 is 2.08 bits per heavy atom. The van der Waals surface area contributed by atoms with Gasteiger partial charge in [0.25, 0.3) is 5.91 Å². The zero-order chi connectivity index (χ0) is 10.1. The van der Waals surface area contributed by atoms with E-state index in [1.165, 1.54) is 0 Å². The van der Waals surface area contributed by atoms with Crippen LogP contribution in [0.5, 0.6) is 0 Å². The molecule has 0 aromatic carbocycles. The normalized spacial score (nSPS) is 20.6. The summed E-state index contributed by atoms with van der Waals surface area (Å²) in [5.41, 5.74) is 0.0565. The summed E-state index contributed by atoms with van der Waals surface area (Å²) in [7, 11) is 0. The van der Waals surface area contributed by atoms with E-state index >= 15 is 0 Å². The van der Waals surface area contributed by atoms with E-state index in [9.17, 15) is 13.6 Å². The van der Waals surface area contributed by atoms with E-state index in [2.05, 4.69) is 5.32 Å². The van der Waals surface area contributed by atoms with E-state index in [1.54, 1.807) is 0 Å². The van der Waals surface area contributed by atoms with Crippen LogP contribution in [0.4, 0.5) is 8.78 Å². The van der Waals surface area contributed by atoms with Gasteiger partial charge in [0.15, 0.2) is 0 Å². The third kappa shape index (κ3) is 2.64. The van der Waals surface area contributed by atoms with Crippen molar-refractivity contribution in [3.8, 4) is 0 Å². The Hall–Kier alpha value is -0.670. The maximum Gasteiger partial charge on any atom is 0.321 e. The number of carbonyl (C=O) groups is 1. The highest BCUT2D eigenvalue weighted by atomic mass is 19.3. The Balaban J connectivity index is 2.30. The zero-order valence-electron chi connectivity index (χ0n) is 7.99. The molecule has 0 saturated heterocycles. The Labute approximate surface area is 76.7 Å². The van der Waals surface area contributed by atoms with Crippen LogP contribution in [0.2, 0.25) is 0 Å². The molecule has 1 fully saturated rings. The average Bonchev–Trinajstić information content (AvgIpc) is 1.94. The summed E-state index contributed by atoms with van der Waals surface area (Å²) in [6.07, 6.45) is 3.17. The minimum absolute atomic E-state index is 0.0565. The summed E-state index contributed by atoms with van der Waals surface area (Å²) in [6.45, 7) is 2.99. The fraction of sp³-hybridized carbons (Fsp3) is 0.889. The van der Waals surface area contributed by atoms with Gasteiger partial charge in [0.1, 0.15) is 0 Å². The number of nitrogens with one attached hydrogen (secondary N) is 1. The predicted octanol–water partition coefficient (Wildman–Crippen LogP) is 1.95. The molecule has 1 rings (SSSR count). The SMILES string of the molecule is CC1(CNC(=O)C(C)(F)F)CCC1. The monoisotopic (exact) mass is 191 g/mol. The molecule has 1 saturated carbocycles. The van der Waals surface area contributed by atoms with Gasteiger partial charge in [0, 0.05) is 13.5 Å². The summed E-state index contributed by atoms with van der Waals surface area (Å²) < 4.78 is 24.8. The highest BCUT2D eigenvalue weighted by Gasteiger charge is 2.36. The number of alkyl halides is 2. The molecular formula is C9H15F2NO. The van der Waals surface area contributed by atoms with Crippen LogP contribution >= 0.6 is 0 Å². The summed E-state index contributed by atoms with van der Waals surface area (Å²) in [6, 6.07) is 0. The van der Waals surface area contributed by atoms with Crippen molar-refractivity contribution in [2.24, 2.45) is 5.41 Å². The first-order valence-electron chi connectivity index (χ1n) is 4.50. The summed E-state index contributed by atoms with van der Waals surface area (Å²) >= 11 is 0. The van der Waals surface area contributed by atoms with Gasteiger partial charge in [-0.25, -0.2) is 0 Å². The Kier molecular flexibility index (Phi) is 2.59. The van der Waals surface area contributed by atoms with Crippen molar-refractivity contribution < 1.29 is 13.6 Å². The van der Waals surface area contributed by atoms with Crippen LogP contribution in [-0.4, -0.2) is 18.4 Å². The lowest BCUT2D eigenvalue weighted by Crippen LogP contribution is -2.45. The molecule has 1 amide bonds. The van der Waals surface area contributed by atoms with Crippen molar-refractivity contribution in [2.45, 2.75) is 39.0 Å². The summed E-state index contributed by atoms with van der Waals surface area (Å²) in [5.74, 6) is -4.42. The number of carbonyl (C=O) groups excluding carboxylic acids is 1. The standard InChI is InChI=1S/C9H15F2NO/c1-8(4-3-5-8)6-12-7(13)9(2,10)11/h3-6H2,1-2H3,(H,12,13). The number of rotatable bonds is 3. The molecule has 0 aliphatic heterocycles. The van der Waals surface area contributed by atoms with E-state index in [1.807, 2.05) is 6.92 Å². The molecule has 0 radical (unpaired) electrons. The molecule has 1 aliphatic rings. The van der Waals surface area contributed by atoms with Crippen LogP contribution in [0.3, 0.4) is 0 Å². The minimum atomic E-state index is -3.25. The van der Waals surface area contributed by atoms with E-state index in [0.29, 0.717) is 13.5 Å². The predicted molar refractivity (Wildman–Crippen MR) is 45.6 cm³/mol. The van der Waals surface area contributed by atoms with Gasteiger partial charge in [-0.3, -0.25) is 4.79 Å². The van der Waals surface area contributed by atoms with E-state index < -0.39 is 11.8 Å². The molecule has 0 aromatic rings. The van der Waals surface area contributed by atoms with Gasteiger partial charge in [-0.15, -0.1) is 0 Å². The second kappa shape index (κ2) is 3.24. The molecule has 1 aliphatic carbocycles. The van der Waals surface area contributed by atoms with Crippen molar-refractivity contribution in [3.63, 3.8) is 0 Å². The summed E-state index contributed by atoms with van der Waals surface area (Å²) in [4.78, 5) is 10.8. The van der Waals surface area contributed by atoms with Crippen molar-refractivity contribution in [3.05, 3.63) is 0 Å². The van der Waals surface area contributed by atoms with Gasteiger partial charge in [0.2, 0.25) is 0 Å². The van der Waals surface area contributed by atoms with Crippen molar-refractivity contribution >= 4 is 5.91 Å². The molecule has 0 aromatic heterocycles. The number of amides is 1. The molecule has 4 heteroatoms. The highest BCUT2D eigenvalue weighted by molar-refractivity contribution is 5.82. The largest absolute Gasteiger partial charge is 0.350 e. The van der Waals surface area contributed by atoms with Gasteiger partial charge in [0.05, 0.1) is 0 Å². The Bertz CT molecular complexity index is 206. The molecule has 0 unspecified atom stereocenters. The molecular weight excluding hydrogens is 176 g/mol. The van der Waals surface area contributed by atoms with Crippen LogP contribution in [0, 0.1) is 5.41 Å². The van der Waals surface area contributed by atoms with Gasteiger partial charge < -0.3 is 5.32 Å². The third-order valence-corrected chi connectivity index (χ3v) is 2.64. The Morgan fingerprint density at radius 1 is 1.54 bits per heavy atom. The maximum absolute atomic E-state index is 12.4. The molecule has 76 valence electrons. The van der Waals surface area contributed by atoms with E-state index in [0.717, 1.165) is 19.3 Å². The molecule has 0 spiro atoms. The maximum atomic E-state index is 12.4. The molecule has 1 N–H and O–H groups in total. The first-order chi connectivity index (χ1) is 5.83. The molecule has 0 atom stereocenters. The second-order valence-corrected chi connectivity index (χ2v) is 4.24. The van der Waals surface area contributed by atoms with Crippen LogP contribution in [0.1, 0.15) is 33.1 Å². The van der Waals surface area contributed by atoms with Gasteiger partial charge in [-0.1, -0.05) is 13.3 Å². The highest BCUT2D eigenvalue weighted by Crippen LogP contribution is 2.39. The van der Waals surface area contributed by atoms with Gasteiger partial charge >= 0.3 is 5.92 Å². The molecule has 13 heavy (non-hydrogen) atoms. The smallest absolute Gasteiger partial charge is 0.321 e. The van der Waals surface area contributed by atoms with Crippen molar-refractivity contribution in [1.82, 2.24) is 5.32 Å². The lowest BCUT2D eigenvalue weighted by molar-refractivity contribution is -0.143. The quantitative estimate of drug-likeness (QED) is 0.725. The van der Waals surface area contributed by atoms with Crippen LogP contribution in [0.15, 0.2) is 0 Å². The third-order valence-electron chi connectivity index (χ3n) is 2.64. The van der Waals surface area contributed by atoms with Gasteiger partial charge in [-0.05, 0) is 18.3 Å². The van der Waals surface area contributed by atoms with Crippen LogP contribution in [0.25, 0.3) is 0 Å². The number of halogens is 2. The fourth-order valence-corrected chi connectivity index (χ4v) is 1.41. The van der Waals surface area contributed by atoms with Crippen molar-refractivity contribution in [1.29, 1.82) is 0 Å². The molecule has 0 bridgehead atoms. The zero-order valence-corrected chi connectivity index (χ0v) is 7.99. The van der Waals surface area contributed by atoms with E-state index in [-0.39, 0.29) is 5.41 Å².